The number of nitrogens with zero attached hydrogens (tertiary/aromatic N) is 6. The van der Waals surface area contributed by atoms with Crippen molar-refractivity contribution in [2.45, 2.75) is 51.6 Å². The van der Waals surface area contributed by atoms with Crippen LogP contribution in [-0.2, 0) is 56.2 Å². The van der Waals surface area contributed by atoms with E-state index in [1.54, 1.807) is 37.8 Å². The average molecular weight is 944 g/mol. The molecule has 0 unspecified atom stereocenters. The molecule has 1 aromatic rings. The molecule has 5 N–H and O–H groups in total. The lowest BCUT2D eigenvalue weighted by molar-refractivity contribution is -0.144. The lowest BCUT2D eigenvalue weighted by atomic mass is 9.93. The molecule has 3 aliphatic heterocycles. The largest absolute Gasteiger partial charge is 0.481 e. The molecular weight excluding hydrogens is 883 g/mol. The molecule has 2 atom stereocenters. The van der Waals surface area contributed by atoms with Crippen LogP contribution in [-0.4, -0.2) is 213 Å². The average Bonchev–Trinajstić information content (AvgIpc) is 3.83. The number of thioether (sulfide) groups is 1. The summed E-state index contributed by atoms with van der Waals surface area (Å²) in [5.74, 6) is -7.96. The summed E-state index contributed by atoms with van der Waals surface area (Å²) < 4.78 is 0. The maximum absolute atomic E-state index is 13.8. The molecule has 22 heteroatoms. The number of aliphatic carboxylic acids is 4. The molecule has 0 aromatic heterocycles. The summed E-state index contributed by atoms with van der Waals surface area (Å²) in [5, 5.41) is 40.8. The Morgan fingerprint density at radius 3 is 1.67 bits per heavy atom. The van der Waals surface area contributed by atoms with E-state index < -0.39 is 65.8 Å². The topological polar surface area (TPSA) is 283 Å². The van der Waals surface area contributed by atoms with Crippen LogP contribution in [0.3, 0.4) is 0 Å². The first-order valence-corrected chi connectivity index (χ1v) is 23.3. The number of amides is 4. The fraction of sp³-hybridized carbons (Fsp3) is 0.591. The number of benzene rings is 1. The van der Waals surface area contributed by atoms with Gasteiger partial charge in [-0.3, -0.25) is 72.4 Å². The monoisotopic (exact) mass is 943 g/mol. The van der Waals surface area contributed by atoms with Gasteiger partial charge in [0.25, 0.3) is 11.8 Å². The van der Waals surface area contributed by atoms with Gasteiger partial charge >= 0.3 is 23.9 Å². The third-order valence-electron chi connectivity index (χ3n) is 11.8. The van der Waals surface area contributed by atoms with Crippen molar-refractivity contribution < 1.29 is 68.4 Å². The number of nitrogens with one attached hydrogen (secondary N) is 1. The van der Waals surface area contributed by atoms with Gasteiger partial charge in [-0.05, 0) is 48.5 Å². The molecule has 1 saturated heterocycles. The number of fused-ring (bicyclic) bond motifs is 1. The fourth-order valence-electron chi connectivity index (χ4n) is 8.05. The van der Waals surface area contributed by atoms with Crippen LogP contribution in [0.5, 0.6) is 0 Å². The molecule has 1 aromatic carbocycles. The van der Waals surface area contributed by atoms with E-state index in [-0.39, 0.29) is 129 Å². The van der Waals surface area contributed by atoms with Crippen molar-refractivity contribution in [1.29, 1.82) is 0 Å². The van der Waals surface area contributed by atoms with E-state index in [1.807, 2.05) is 11.2 Å². The number of Topliss-reactive ketones (excluding diaryl/α,β-unsaturated/α-hetero) is 2. The van der Waals surface area contributed by atoms with E-state index in [1.165, 1.54) is 23.9 Å². The lowest BCUT2D eigenvalue weighted by Crippen LogP contribution is -2.49. The second kappa shape index (κ2) is 26.6. The van der Waals surface area contributed by atoms with Gasteiger partial charge in [-0.15, -0.1) is 0 Å². The van der Waals surface area contributed by atoms with Gasteiger partial charge in [-0.2, -0.15) is 11.8 Å². The highest BCUT2D eigenvalue weighted by Crippen LogP contribution is 2.26. The fourth-order valence-corrected chi connectivity index (χ4v) is 8.57. The summed E-state index contributed by atoms with van der Waals surface area (Å²) >= 11 is 1.49. The van der Waals surface area contributed by atoms with E-state index in [9.17, 15) is 68.4 Å². The molecular formula is C44H61N7O14S. The minimum atomic E-state index is -1.17. The number of carbonyl (C=O) groups excluding carboxylic acids is 6. The van der Waals surface area contributed by atoms with Gasteiger partial charge in [0.15, 0.2) is 11.6 Å². The van der Waals surface area contributed by atoms with E-state index in [0.717, 1.165) is 16.0 Å². The summed E-state index contributed by atoms with van der Waals surface area (Å²) in [6.07, 6.45) is 4.93. The number of rotatable bonds is 25. The molecule has 0 aliphatic carbocycles. The molecule has 362 valence electrons. The van der Waals surface area contributed by atoms with Crippen LogP contribution in [0, 0.1) is 11.8 Å². The molecule has 4 amide bonds. The molecule has 4 rings (SSSR count). The van der Waals surface area contributed by atoms with Crippen molar-refractivity contribution in [1.82, 2.24) is 34.7 Å². The number of hydrogen-bond donors (Lipinski definition) is 5. The summed E-state index contributed by atoms with van der Waals surface area (Å²) in [6, 6.07) is 5.12. The summed E-state index contributed by atoms with van der Waals surface area (Å²) in [5.41, 5.74) is 1.94. The SMILES string of the molecule is CSCC[C@H](CC(=O)c1ccc2c(c1)CN(C(=O)CN1CCN(CC(=O)O)CCN(CC(=O)O)CCN(CC(=O)O)CC1)C2)C(=O)NCC(=O)C[C@@H](CCCCN1C(=O)C=CC1=O)C(=O)O. The Hall–Kier alpha value is -5.55. The number of unbranched alkanes of at least 4 members (excludes halogenated alkanes) is 1. The Morgan fingerprint density at radius 1 is 0.652 bits per heavy atom. The molecule has 0 bridgehead atoms. The van der Waals surface area contributed by atoms with E-state index >= 15 is 0 Å². The third-order valence-corrected chi connectivity index (χ3v) is 12.5. The maximum Gasteiger partial charge on any atom is 0.317 e. The number of carboxylic acids is 4. The second-order valence-electron chi connectivity index (χ2n) is 16.8. The minimum Gasteiger partial charge on any atom is -0.481 e. The van der Waals surface area contributed by atoms with E-state index in [2.05, 4.69) is 5.32 Å². The molecule has 0 saturated carbocycles. The van der Waals surface area contributed by atoms with Crippen molar-refractivity contribution in [2.24, 2.45) is 11.8 Å². The lowest BCUT2D eigenvalue weighted by Gasteiger charge is -2.33. The van der Waals surface area contributed by atoms with E-state index in [4.69, 9.17) is 0 Å². The van der Waals surface area contributed by atoms with Gasteiger partial charge in [0.2, 0.25) is 11.8 Å². The van der Waals surface area contributed by atoms with Crippen molar-refractivity contribution in [2.75, 3.05) is 104 Å². The van der Waals surface area contributed by atoms with Crippen LogP contribution >= 0.6 is 11.8 Å². The second-order valence-corrected chi connectivity index (χ2v) is 17.8. The molecule has 0 radical (unpaired) electrons. The Bertz CT molecular complexity index is 1950. The zero-order valence-corrected chi connectivity index (χ0v) is 38.1. The molecule has 3 heterocycles. The highest BCUT2D eigenvalue weighted by Gasteiger charge is 2.30. The maximum atomic E-state index is 13.8. The Labute approximate surface area is 387 Å². The van der Waals surface area contributed by atoms with Crippen molar-refractivity contribution in [3.63, 3.8) is 0 Å². The molecule has 1 fully saturated rings. The standard InChI is InChI=1S/C44H61N7O14S/c1-66-19-9-31(43(63)45-23-35(52)21-32(44(64)65)4-2-3-10-51-37(54)7-8-38(51)55)22-36(53)30-5-6-33-24-50(25-34(33)20-30)39(56)26-46-11-13-47(27-40(57)58)15-17-49(29-42(61)62)18-16-48(14-12-46)28-41(59)60/h5-8,20,31-32H,2-4,9-19,21-29H2,1H3,(H,45,63)(H,57,58)(H,59,60)(H,61,62)(H,64,65)/t31-,32-/m1/s1. The minimum absolute atomic E-state index is 0.0399. The van der Waals surface area contributed by atoms with Crippen LogP contribution in [0.1, 0.15) is 60.0 Å². The molecule has 66 heavy (non-hydrogen) atoms. The molecule has 0 spiro atoms. The highest BCUT2D eigenvalue weighted by atomic mass is 32.2. The number of carboxylic acid groups (broad SMARTS) is 4. The zero-order valence-electron chi connectivity index (χ0n) is 37.3. The normalized spacial score (nSPS) is 17.7. The summed E-state index contributed by atoms with van der Waals surface area (Å²) in [6.45, 7) is 1.40. The first kappa shape index (κ1) is 53.1. The van der Waals surface area contributed by atoms with Gasteiger partial charge in [-0.25, -0.2) is 0 Å². The Morgan fingerprint density at radius 2 is 1.17 bits per heavy atom. The molecule has 3 aliphatic rings. The van der Waals surface area contributed by atoms with Crippen LogP contribution < -0.4 is 5.32 Å². The summed E-state index contributed by atoms with van der Waals surface area (Å²) in [4.78, 5) is 133. The van der Waals surface area contributed by atoms with Gasteiger partial charge < -0.3 is 30.6 Å². The first-order valence-electron chi connectivity index (χ1n) is 21.9. The van der Waals surface area contributed by atoms with Crippen LogP contribution in [0.25, 0.3) is 0 Å². The quantitative estimate of drug-likeness (QED) is 0.0483. The van der Waals surface area contributed by atoms with Crippen LogP contribution in [0.15, 0.2) is 30.4 Å². The highest BCUT2D eigenvalue weighted by molar-refractivity contribution is 7.98. The summed E-state index contributed by atoms with van der Waals surface area (Å²) in [7, 11) is 0. The number of hydrogen-bond acceptors (Lipinski definition) is 15. The van der Waals surface area contributed by atoms with Crippen molar-refractivity contribution in [3.05, 3.63) is 47.0 Å². The first-order chi connectivity index (χ1) is 31.4. The van der Waals surface area contributed by atoms with E-state index in [0.29, 0.717) is 30.6 Å². The van der Waals surface area contributed by atoms with Gasteiger partial charge in [-0.1, -0.05) is 18.6 Å². The predicted octanol–water partition coefficient (Wildman–Crippen LogP) is -0.182. The molecule has 21 nitrogen and oxygen atoms in total. The third kappa shape index (κ3) is 17.7. The number of imide groups is 1. The van der Waals surface area contributed by atoms with Crippen LogP contribution in [0.2, 0.25) is 0 Å². The van der Waals surface area contributed by atoms with Gasteiger partial charge in [0, 0.05) is 108 Å². The number of ketones is 2. The van der Waals surface area contributed by atoms with Crippen molar-refractivity contribution >= 4 is 70.8 Å². The van der Waals surface area contributed by atoms with Gasteiger partial charge in [0.05, 0.1) is 38.6 Å². The zero-order chi connectivity index (χ0) is 48.3. The Kier molecular flexibility index (Phi) is 21.4. The number of carbonyl (C=O) groups is 10. The Balaban J connectivity index is 1.32. The van der Waals surface area contributed by atoms with Crippen LogP contribution in [0.4, 0.5) is 0 Å². The smallest absolute Gasteiger partial charge is 0.317 e. The van der Waals surface area contributed by atoms with Crippen molar-refractivity contribution in [3.8, 4) is 0 Å². The predicted molar refractivity (Wildman–Crippen MR) is 238 cm³/mol. The van der Waals surface area contributed by atoms with Gasteiger partial charge in [0.1, 0.15) is 0 Å².